The van der Waals surface area contributed by atoms with Gasteiger partial charge >= 0.3 is 0 Å². The molecule has 3 N–H and O–H groups in total. The van der Waals surface area contributed by atoms with E-state index in [1.807, 2.05) is 41.3 Å². The Morgan fingerprint density at radius 1 is 1.16 bits per heavy atom. The number of H-pyrrole nitrogens is 1. The van der Waals surface area contributed by atoms with Gasteiger partial charge in [0.1, 0.15) is 23.0 Å². The molecule has 1 aromatic carbocycles. The van der Waals surface area contributed by atoms with Crippen LogP contribution in [0.25, 0.3) is 22.6 Å². The number of para-hydroxylation sites is 1. The minimum absolute atomic E-state index is 0. The van der Waals surface area contributed by atoms with Crippen molar-refractivity contribution < 1.29 is 0 Å². The van der Waals surface area contributed by atoms with Crippen molar-refractivity contribution in [1.29, 1.82) is 5.26 Å². The average molecular weight is 547 g/mol. The van der Waals surface area contributed by atoms with E-state index in [9.17, 15) is 10.1 Å². The zero-order chi connectivity index (χ0) is 25.0. The number of aromatic amines is 1. The van der Waals surface area contributed by atoms with Crippen LogP contribution in [0.4, 0.5) is 11.8 Å². The van der Waals surface area contributed by atoms with E-state index in [0.717, 1.165) is 0 Å². The fourth-order valence-corrected chi connectivity index (χ4v) is 4.93. The molecule has 11 nitrogen and oxygen atoms in total. The second-order valence-electron chi connectivity index (χ2n) is 8.85. The highest BCUT2D eigenvalue weighted by Gasteiger charge is 2.43. The number of imidazole rings is 1. The summed E-state index contributed by atoms with van der Waals surface area (Å²) in [6.07, 6.45) is 5.12. The second kappa shape index (κ2) is 10.2. The van der Waals surface area contributed by atoms with Crippen LogP contribution < -0.4 is 16.2 Å². The number of nitrogens with two attached hydrogens (primary N) is 1. The molecule has 0 aliphatic carbocycles. The lowest BCUT2D eigenvalue weighted by molar-refractivity contribution is 0.300. The molecule has 1 fully saturated rings. The summed E-state index contributed by atoms with van der Waals surface area (Å²) in [6.45, 7) is 4.44. The van der Waals surface area contributed by atoms with Crippen LogP contribution in [-0.4, -0.2) is 40.7 Å². The van der Waals surface area contributed by atoms with Crippen LogP contribution in [-0.2, 0) is 0 Å². The van der Waals surface area contributed by atoms with Gasteiger partial charge in [-0.2, -0.15) is 42.3 Å². The molecule has 0 amide bonds. The summed E-state index contributed by atoms with van der Waals surface area (Å²) in [7, 11) is 0. The fraction of sp³-hybridized carbons (Fsp3) is 0.200. The van der Waals surface area contributed by atoms with Crippen LogP contribution in [0.5, 0.6) is 0 Å². The number of anilines is 2. The zero-order valence-electron chi connectivity index (χ0n) is 20.6. The minimum atomic E-state index is -0.322. The van der Waals surface area contributed by atoms with Gasteiger partial charge in [0.2, 0.25) is 5.95 Å². The number of nitriles is 1. The Labute approximate surface area is 231 Å². The van der Waals surface area contributed by atoms with Gasteiger partial charge in [0.05, 0.1) is 23.0 Å². The molecule has 6 rings (SSSR count). The number of fused-ring (bicyclic) bond motifs is 1. The normalized spacial score (nSPS) is 16.3. The van der Waals surface area contributed by atoms with Crippen LogP contribution in [0.1, 0.15) is 30.0 Å². The van der Waals surface area contributed by atoms with Crippen LogP contribution in [0.3, 0.4) is 0 Å². The molecular weight excluding hydrogens is 520 g/mol. The van der Waals surface area contributed by atoms with Gasteiger partial charge in [-0.05, 0) is 25.1 Å². The maximum Gasteiger partial charge on any atom is 0.283 e. The summed E-state index contributed by atoms with van der Waals surface area (Å²) in [4.78, 5) is 32.0. The number of nitrogen functional groups attached to an aromatic ring is 1. The predicted octanol–water partition coefficient (Wildman–Crippen LogP) is 2.85. The van der Waals surface area contributed by atoms with E-state index in [4.69, 9.17) is 10.8 Å². The van der Waals surface area contributed by atoms with Gasteiger partial charge in [0.15, 0.2) is 11.6 Å². The summed E-state index contributed by atoms with van der Waals surface area (Å²) in [5.41, 5.74) is 8.36. The minimum Gasteiger partial charge on any atom is -0.368 e. The number of aromatic nitrogens is 7. The lowest BCUT2D eigenvalue weighted by Crippen LogP contribution is -2.52. The Balaban J connectivity index is 0.00000168. The maximum absolute atomic E-state index is 14.1. The number of nitrogens with zero attached hydrogens (tertiary/aromatic N) is 8. The molecule has 1 unspecified atom stereocenters. The maximum atomic E-state index is 14.1. The highest BCUT2D eigenvalue weighted by atomic mass is 32.1. The van der Waals surface area contributed by atoms with Crippen molar-refractivity contribution in [3.05, 3.63) is 82.4 Å². The van der Waals surface area contributed by atoms with Gasteiger partial charge in [-0.1, -0.05) is 25.1 Å². The number of hydrogen-bond acceptors (Lipinski definition) is 8. The second-order valence-corrected chi connectivity index (χ2v) is 8.85. The molecule has 0 bridgehead atoms. The third-order valence-electron chi connectivity index (χ3n) is 6.58. The Kier molecular flexibility index (Phi) is 7.21. The monoisotopic (exact) mass is 546 g/mol. The molecule has 194 valence electrons. The average Bonchev–Trinajstić information content (AvgIpc) is 3.53. The molecular formula is C25H26N10OS2. The van der Waals surface area contributed by atoms with Crippen molar-refractivity contribution >= 4 is 44.3 Å². The molecule has 4 aromatic heterocycles. The SMILES string of the molecule is Cc1nc(N)nc(N2C[C@H](C)C2c2nn3ccc(-c4ncc[nH]4)c3c(=O)n2-c2ccccc2)c1C#N.S.S. The molecule has 1 saturated heterocycles. The van der Waals surface area contributed by atoms with Crippen molar-refractivity contribution in [2.75, 3.05) is 17.2 Å². The lowest BCUT2D eigenvalue weighted by atomic mass is 9.88. The first-order valence-electron chi connectivity index (χ1n) is 11.5. The Morgan fingerprint density at radius 2 is 1.92 bits per heavy atom. The lowest BCUT2D eigenvalue weighted by Gasteiger charge is -2.47. The number of hydrogen-bond donors (Lipinski definition) is 2. The summed E-state index contributed by atoms with van der Waals surface area (Å²) >= 11 is 0. The van der Waals surface area contributed by atoms with E-state index in [1.54, 1.807) is 34.6 Å². The quantitative estimate of drug-likeness (QED) is 0.350. The standard InChI is InChI=1S/C25H22N10O.2H2S/c1-14-13-33(22-18(12-26)15(2)30-25(27)31-22)19(14)23-32-34-11-8-17(21-28-9-10-29-21)20(34)24(36)35(23)16-6-4-3-5-7-16;;/h3-11,14,19H,13H2,1-2H3,(H,28,29)(H2,27,30,31);2*1H2/t14-,19?;;/m0../s1. The van der Waals surface area contributed by atoms with Crippen molar-refractivity contribution in [2.24, 2.45) is 5.92 Å². The number of benzene rings is 1. The van der Waals surface area contributed by atoms with Crippen LogP contribution in [0, 0.1) is 24.2 Å². The van der Waals surface area contributed by atoms with Crippen molar-refractivity contribution in [3.8, 4) is 23.1 Å². The molecule has 1 aliphatic rings. The summed E-state index contributed by atoms with van der Waals surface area (Å²) in [5, 5.41) is 14.7. The Hall–Kier alpha value is -4.28. The molecule has 13 heteroatoms. The third kappa shape index (κ3) is 4.07. The van der Waals surface area contributed by atoms with E-state index in [2.05, 4.69) is 32.9 Å². The van der Waals surface area contributed by atoms with E-state index >= 15 is 0 Å². The molecule has 2 atom stereocenters. The van der Waals surface area contributed by atoms with Gasteiger partial charge in [-0.3, -0.25) is 9.36 Å². The van der Waals surface area contributed by atoms with Crippen molar-refractivity contribution in [3.63, 3.8) is 0 Å². The first-order chi connectivity index (χ1) is 17.5. The van der Waals surface area contributed by atoms with Crippen LogP contribution in [0.2, 0.25) is 0 Å². The number of aryl methyl sites for hydroxylation is 1. The smallest absolute Gasteiger partial charge is 0.283 e. The van der Waals surface area contributed by atoms with Gasteiger partial charge in [-0.15, -0.1) is 0 Å². The summed E-state index contributed by atoms with van der Waals surface area (Å²) in [6, 6.07) is 13.1. The van der Waals surface area contributed by atoms with E-state index in [0.29, 0.717) is 52.0 Å². The van der Waals surface area contributed by atoms with E-state index in [1.165, 1.54) is 0 Å². The zero-order valence-corrected chi connectivity index (χ0v) is 22.6. The molecule has 1 aliphatic heterocycles. The predicted molar refractivity (Wildman–Crippen MR) is 154 cm³/mol. The highest BCUT2D eigenvalue weighted by Crippen LogP contribution is 2.42. The fourth-order valence-electron chi connectivity index (χ4n) is 4.93. The first kappa shape index (κ1) is 26.8. The first-order valence-corrected chi connectivity index (χ1v) is 11.5. The van der Waals surface area contributed by atoms with E-state index in [-0.39, 0.29) is 50.5 Å². The van der Waals surface area contributed by atoms with Crippen LogP contribution in [0.15, 0.2) is 59.8 Å². The largest absolute Gasteiger partial charge is 0.368 e. The Bertz CT molecular complexity index is 1710. The number of rotatable bonds is 4. The third-order valence-corrected chi connectivity index (χ3v) is 6.58. The summed E-state index contributed by atoms with van der Waals surface area (Å²) < 4.78 is 3.24. The van der Waals surface area contributed by atoms with Gasteiger partial charge in [0.25, 0.3) is 5.56 Å². The molecule has 5 aromatic rings. The molecule has 0 spiro atoms. The molecule has 38 heavy (non-hydrogen) atoms. The van der Waals surface area contributed by atoms with Gasteiger partial charge in [0, 0.05) is 31.1 Å². The van der Waals surface area contributed by atoms with Crippen LogP contribution >= 0.6 is 27.0 Å². The van der Waals surface area contributed by atoms with E-state index < -0.39 is 0 Å². The molecule has 0 saturated carbocycles. The van der Waals surface area contributed by atoms with Crippen molar-refractivity contribution in [2.45, 2.75) is 19.9 Å². The van der Waals surface area contributed by atoms with Crippen molar-refractivity contribution in [1.82, 2.24) is 34.1 Å². The number of nitrogens with one attached hydrogen (secondary N) is 1. The van der Waals surface area contributed by atoms with Gasteiger partial charge in [-0.25, -0.2) is 14.5 Å². The highest BCUT2D eigenvalue weighted by molar-refractivity contribution is 7.59. The molecule has 5 heterocycles. The summed E-state index contributed by atoms with van der Waals surface area (Å²) in [5.74, 6) is 1.80. The molecule has 0 radical (unpaired) electrons. The van der Waals surface area contributed by atoms with Gasteiger partial charge < -0.3 is 15.6 Å². The Morgan fingerprint density at radius 3 is 2.58 bits per heavy atom. The topological polar surface area (TPSA) is 147 Å².